The number of hydrogen-bond donors (Lipinski definition) is 2. The van der Waals surface area contributed by atoms with Crippen LogP contribution >= 0.6 is 0 Å². The van der Waals surface area contributed by atoms with Crippen LogP contribution in [0.3, 0.4) is 0 Å². The van der Waals surface area contributed by atoms with Crippen molar-refractivity contribution in [1.82, 2.24) is 20.1 Å². The molecule has 0 bridgehead atoms. The second kappa shape index (κ2) is 8.16. The summed E-state index contributed by atoms with van der Waals surface area (Å²) in [6, 6.07) is 6.84. The van der Waals surface area contributed by atoms with Crippen molar-refractivity contribution in [3.8, 4) is 0 Å². The van der Waals surface area contributed by atoms with Gasteiger partial charge in [-0.05, 0) is 50.6 Å². The van der Waals surface area contributed by atoms with E-state index in [1.54, 1.807) is 19.1 Å². The average Bonchev–Trinajstić information content (AvgIpc) is 3.43. The standard InChI is InChI=1S/C21H26N4O4/c1-3-28-20(26)18-14(22-21(27)23-19(18)17-9-6-12-29-17)13-25-11-5-8-16(25)15-7-4-10-24(15)2/h4,6-7,9-10,12,16,19H,3,5,8,11,13H2,1-2H3,(H2,22,23,27)/t16-,19+/m1/s1. The summed E-state index contributed by atoms with van der Waals surface area (Å²) in [6.07, 6.45) is 5.66. The van der Waals surface area contributed by atoms with E-state index < -0.39 is 12.0 Å². The minimum atomic E-state index is -0.677. The molecule has 1 saturated heterocycles. The van der Waals surface area contributed by atoms with Gasteiger partial charge in [0.1, 0.15) is 11.8 Å². The van der Waals surface area contributed by atoms with Crippen molar-refractivity contribution in [2.75, 3.05) is 19.7 Å². The highest BCUT2D eigenvalue weighted by atomic mass is 16.5. The Balaban J connectivity index is 1.69. The van der Waals surface area contributed by atoms with Crippen LogP contribution in [0.5, 0.6) is 0 Å². The van der Waals surface area contributed by atoms with Crippen LogP contribution in [0.2, 0.25) is 0 Å². The molecule has 0 spiro atoms. The molecule has 0 unspecified atom stereocenters. The zero-order chi connectivity index (χ0) is 20.4. The van der Waals surface area contributed by atoms with Crippen molar-refractivity contribution in [3.05, 3.63) is 59.4 Å². The third-order valence-electron chi connectivity index (χ3n) is 5.53. The molecule has 2 N–H and O–H groups in total. The van der Waals surface area contributed by atoms with Gasteiger partial charge in [-0.2, -0.15) is 0 Å². The Kier molecular flexibility index (Phi) is 5.44. The smallest absolute Gasteiger partial charge is 0.338 e. The minimum Gasteiger partial charge on any atom is -0.467 e. The summed E-state index contributed by atoms with van der Waals surface area (Å²) in [5, 5.41) is 5.63. The zero-order valence-electron chi connectivity index (χ0n) is 16.7. The van der Waals surface area contributed by atoms with E-state index in [0.717, 1.165) is 19.4 Å². The molecule has 154 valence electrons. The Morgan fingerprint density at radius 2 is 2.21 bits per heavy atom. The number of nitrogens with one attached hydrogen (secondary N) is 2. The van der Waals surface area contributed by atoms with E-state index in [0.29, 0.717) is 23.6 Å². The van der Waals surface area contributed by atoms with E-state index in [4.69, 9.17) is 9.15 Å². The summed E-state index contributed by atoms with van der Waals surface area (Å²) < 4.78 is 12.9. The Morgan fingerprint density at radius 1 is 1.34 bits per heavy atom. The van der Waals surface area contributed by atoms with Crippen molar-refractivity contribution in [1.29, 1.82) is 0 Å². The van der Waals surface area contributed by atoms with Crippen LogP contribution < -0.4 is 10.6 Å². The summed E-state index contributed by atoms with van der Waals surface area (Å²) in [4.78, 5) is 27.5. The molecule has 2 amide bonds. The van der Waals surface area contributed by atoms with E-state index >= 15 is 0 Å². The largest absolute Gasteiger partial charge is 0.467 e. The van der Waals surface area contributed by atoms with Crippen LogP contribution in [-0.2, 0) is 16.6 Å². The maximum atomic E-state index is 12.8. The molecule has 0 saturated carbocycles. The first-order valence-electron chi connectivity index (χ1n) is 9.94. The molecule has 0 radical (unpaired) electrons. The Hall–Kier alpha value is -3.00. The van der Waals surface area contributed by atoms with E-state index in [1.165, 1.54) is 12.0 Å². The fourth-order valence-electron chi connectivity index (χ4n) is 4.24. The molecule has 2 aliphatic rings. The van der Waals surface area contributed by atoms with E-state index in [2.05, 4.69) is 26.2 Å². The first kappa shape index (κ1) is 19.3. The highest BCUT2D eigenvalue weighted by Gasteiger charge is 2.37. The van der Waals surface area contributed by atoms with Gasteiger partial charge in [0.25, 0.3) is 0 Å². The third-order valence-corrected chi connectivity index (χ3v) is 5.53. The monoisotopic (exact) mass is 398 g/mol. The van der Waals surface area contributed by atoms with Crippen LogP contribution in [0.1, 0.15) is 43.3 Å². The van der Waals surface area contributed by atoms with Crippen molar-refractivity contribution < 1.29 is 18.7 Å². The topological polar surface area (TPSA) is 88.7 Å². The normalized spacial score (nSPS) is 22.5. The minimum absolute atomic E-state index is 0.236. The van der Waals surface area contributed by atoms with Gasteiger partial charge in [-0.3, -0.25) is 4.90 Å². The van der Waals surface area contributed by atoms with E-state index in [9.17, 15) is 9.59 Å². The lowest BCUT2D eigenvalue weighted by Gasteiger charge is -2.32. The molecular formula is C21H26N4O4. The number of amides is 2. The molecule has 4 heterocycles. The van der Waals surface area contributed by atoms with Crippen LogP contribution in [-0.4, -0.2) is 41.2 Å². The summed E-state index contributed by atoms with van der Waals surface area (Å²) in [5.41, 5.74) is 2.18. The molecule has 2 atom stereocenters. The molecule has 2 aromatic heterocycles. The number of likely N-dealkylation sites (tertiary alicyclic amines) is 1. The fraction of sp³-hybridized carbons (Fsp3) is 0.429. The van der Waals surface area contributed by atoms with E-state index in [-0.39, 0.29) is 18.7 Å². The lowest BCUT2D eigenvalue weighted by atomic mass is 9.99. The maximum absolute atomic E-state index is 12.8. The third kappa shape index (κ3) is 3.80. The average molecular weight is 398 g/mol. The molecule has 2 aromatic rings. The molecule has 8 heteroatoms. The van der Waals surface area contributed by atoms with Gasteiger partial charge in [0.05, 0.1) is 24.5 Å². The van der Waals surface area contributed by atoms with Gasteiger partial charge >= 0.3 is 12.0 Å². The van der Waals surface area contributed by atoms with Crippen molar-refractivity contribution in [2.24, 2.45) is 7.05 Å². The van der Waals surface area contributed by atoms with Gasteiger partial charge in [-0.15, -0.1) is 0 Å². The van der Waals surface area contributed by atoms with E-state index in [1.807, 2.05) is 19.3 Å². The molecule has 0 aliphatic carbocycles. The second-order valence-electron chi connectivity index (χ2n) is 7.33. The zero-order valence-corrected chi connectivity index (χ0v) is 16.7. The van der Waals surface area contributed by atoms with Crippen LogP contribution in [0.25, 0.3) is 0 Å². The number of nitrogens with zero attached hydrogens (tertiary/aromatic N) is 2. The number of urea groups is 1. The molecule has 29 heavy (non-hydrogen) atoms. The summed E-state index contributed by atoms with van der Waals surface area (Å²) in [7, 11) is 2.04. The first-order valence-corrected chi connectivity index (χ1v) is 9.94. The van der Waals surface area contributed by atoms with Gasteiger partial charge in [-0.1, -0.05) is 0 Å². The summed E-state index contributed by atoms with van der Waals surface area (Å²) in [6.45, 7) is 3.36. The number of esters is 1. The number of hydrogen-bond acceptors (Lipinski definition) is 5. The number of carbonyl (C=O) groups excluding carboxylic acids is 2. The number of carbonyl (C=O) groups is 2. The molecular weight excluding hydrogens is 372 g/mol. The van der Waals surface area contributed by atoms with Crippen LogP contribution in [0.15, 0.2) is 52.4 Å². The lowest BCUT2D eigenvalue weighted by molar-refractivity contribution is -0.139. The maximum Gasteiger partial charge on any atom is 0.338 e. The van der Waals surface area contributed by atoms with Crippen molar-refractivity contribution >= 4 is 12.0 Å². The highest BCUT2D eigenvalue weighted by molar-refractivity contribution is 5.95. The second-order valence-corrected chi connectivity index (χ2v) is 7.33. The number of furan rings is 1. The Labute approximate surface area is 169 Å². The number of rotatable bonds is 6. The predicted molar refractivity (Wildman–Crippen MR) is 106 cm³/mol. The van der Waals surface area contributed by atoms with Gasteiger partial charge in [0, 0.05) is 31.2 Å². The van der Waals surface area contributed by atoms with Crippen molar-refractivity contribution in [2.45, 2.75) is 31.8 Å². The molecule has 0 aromatic carbocycles. The molecule has 4 rings (SSSR count). The number of ether oxygens (including phenoxy) is 1. The van der Waals surface area contributed by atoms with Crippen LogP contribution in [0.4, 0.5) is 4.79 Å². The van der Waals surface area contributed by atoms with Gasteiger partial charge in [0.2, 0.25) is 0 Å². The van der Waals surface area contributed by atoms with Gasteiger partial charge in [0.15, 0.2) is 0 Å². The molecule has 1 fully saturated rings. The van der Waals surface area contributed by atoms with Crippen molar-refractivity contribution in [3.63, 3.8) is 0 Å². The number of aromatic nitrogens is 1. The van der Waals surface area contributed by atoms with Gasteiger partial charge < -0.3 is 24.4 Å². The Bertz CT molecular complexity index is 915. The molecule has 8 nitrogen and oxygen atoms in total. The lowest BCUT2D eigenvalue weighted by Crippen LogP contribution is -2.48. The fourth-order valence-corrected chi connectivity index (χ4v) is 4.24. The quantitative estimate of drug-likeness (QED) is 0.731. The highest BCUT2D eigenvalue weighted by Crippen LogP contribution is 2.34. The SMILES string of the molecule is CCOC(=O)C1=C(CN2CCC[C@@H]2c2cccn2C)NC(=O)N[C@H]1c1ccco1. The Morgan fingerprint density at radius 3 is 2.90 bits per heavy atom. The molecule has 2 aliphatic heterocycles. The first-order chi connectivity index (χ1) is 14.1. The van der Waals surface area contributed by atoms with Gasteiger partial charge in [-0.25, -0.2) is 9.59 Å². The number of aryl methyl sites for hydroxylation is 1. The summed E-state index contributed by atoms with van der Waals surface area (Å²) in [5.74, 6) is 0.0480. The van der Waals surface area contributed by atoms with Crippen LogP contribution in [0, 0.1) is 0 Å². The summed E-state index contributed by atoms with van der Waals surface area (Å²) >= 11 is 0. The predicted octanol–water partition coefficient (Wildman–Crippen LogP) is 2.63.